The number of pyridine rings is 5. The monoisotopic (exact) mass is 1370 g/mol. The lowest BCUT2D eigenvalue weighted by atomic mass is 10.1. The molecule has 0 spiro atoms. The third-order valence-electron chi connectivity index (χ3n) is 20.4. The van der Waals surface area contributed by atoms with Crippen molar-refractivity contribution in [1.29, 1.82) is 0 Å². The molecule has 0 bridgehead atoms. The first kappa shape index (κ1) is 54.1. The predicted octanol–water partition coefficient (Wildman–Crippen LogP) is 10.1. The molecule has 0 saturated heterocycles. The molecular weight excluding hydrogens is 1310 g/mol. The fraction of sp³-hybridized carbons (Fsp3) is 0.0897. The van der Waals surface area contributed by atoms with Crippen LogP contribution in [0.3, 0.4) is 0 Å². The van der Waals surface area contributed by atoms with Crippen molar-refractivity contribution in [1.82, 2.24) is 85.8 Å². The Morgan fingerprint density at radius 2 is 0.893 bits per heavy atom. The number of nitrogens with zero attached hydrogens (tertiary/aromatic N) is 23. The van der Waals surface area contributed by atoms with Crippen LogP contribution in [0.25, 0.3) is 145 Å². The number of fused-ring (bicyclic) bond motifs is 35. The highest BCUT2D eigenvalue weighted by atomic mass is 32.1. The fourth-order valence-corrected chi connectivity index (χ4v) is 17.2. The summed E-state index contributed by atoms with van der Waals surface area (Å²) in [7, 11) is 2.11. The van der Waals surface area contributed by atoms with E-state index in [9.17, 15) is 0 Å². The van der Waals surface area contributed by atoms with Gasteiger partial charge in [0, 0.05) is 145 Å². The fourth-order valence-electron chi connectivity index (χ4n) is 16.0. The maximum atomic E-state index is 7.99. The SMILES string of the molecule is Cn1c2[n+](c3c1cn1cccnc31)Cc1ccncc1-2.[2H]C([2H])([2H])n1c2[n+](c3c1cn1cccnc31)Cc1ccncc1-2.c1ccc(-n2c3[n+](c4c2cn2cccnc42)Cc2ccncc2-3)cc1.c1cnc2c3c(cn2c1)oc1[n+]3Cc2ccncc2-1.c1cnn2c(c1)cc1sc3[n+](c12)Cc1ccncc1-3. The Morgan fingerprint density at radius 3 is 1.49 bits per heavy atom. The highest BCUT2D eigenvalue weighted by Crippen LogP contribution is 2.39. The van der Waals surface area contributed by atoms with Gasteiger partial charge in [0.05, 0.1) is 71.4 Å². The van der Waals surface area contributed by atoms with Crippen LogP contribution in [0.5, 0.6) is 0 Å². The smallest absolute Gasteiger partial charge is 0.384 e. The Kier molecular flexibility index (Phi) is 11.5. The standard InChI is InChI=1S/C20H14N5.2C15H12N5.C14H9N4O.C14H9N4S/c1-2-5-15(6-3-1)25-17-13-23-10-4-8-22-19(23)18(17)24-12-14-7-9-21-11-16(14)20(24)25;2*1-18-12-9-19-6-2-4-17-14(19)13(12)20-8-10-3-5-16-7-11(10)15(18)20;1-3-16-13-12-11(8-17(13)5-1)19-14-10-6-15-4-2-9(10)7-18(12)14;1-2-10-6-12-13(18(10)16-4-1)17-8-9-3-5-15-7-11(9)14(17)19-12/h1-11,13H,12H2;2*2-7,9H,8H2,1H3;1-6,8H,7H2;1-7H,8H2/q5*+1/i;1D3;;;. The van der Waals surface area contributed by atoms with E-state index in [1.54, 1.807) is 24.8 Å². The maximum absolute atomic E-state index is 7.99. The van der Waals surface area contributed by atoms with Gasteiger partial charge in [0.25, 0.3) is 23.0 Å². The number of benzene rings is 1. The molecular formula is C78H56N23OS+5. The maximum Gasteiger partial charge on any atom is 0.384 e. The van der Waals surface area contributed by atoms with E-state index < -0.39 is 6.98 Å². The Hall–Kier alpha value is -13.8. The van der Waals surface area contributed by atoms with Crippen LogP contribution in [-0.2, 0) is 46.7 Å². The van der Waals surface area contributed by atoms with Crippen LogP contribution in [-0.4, -0.2) is 85.8 Å². The van der Waals surface area contributed by atoms with Crippen LogP contribution >= 0.6 is 11.3 Å². The second-order valence-electron chi connectivity index (χ2n) is 26.0. The molecule has 21 aromatic rings. The molecule has 103 heavy (non-hydrogen) atoms. The molecule has 5 aliphatic heterocycles. The first-order valence-electron chi connectivity index (χ1n) is 35.1. The summed E-state index contributed by atoms with van der Waals surface area (Å²) in [6, 6.07) is 34.7. The van der Waals surface area contributed by atoms with Gasteiger partial charge >= 0.3 is 11.5 Å². The van der Waals surface area contributed by atoms with Gasteiger partial charge in [-0.05, 0) is 78.9 Å². The molecule has 0 amide bonds. The Labute approximate surface area is 590 Å². The first-order valence-corrected chi connectivity index (χ1v) is 34.4. The quantitative estimate of drug-likeness (QED) is 0.142. The lowest BCUT2D eigenvalue weighted by Gasteiger charge is -2.00. The molecule has 0 N–H and O–H groups in total. The van der Waals surface area contributed by atoms with Crippen molar-refractivity contribution in [2.24, 2.45) is 14.0 Å². The number of imidazole rings is 3. The molecule has 26 rings (SSSR count). The summed E-state index contributed by atoms with van der Waals surface area (Å²) in [4.78, 5) is 39.3. The largest absolute Gasteiger partial charge is 0.396 e. The molecule has 25 heteroatoms. The van der Waals surface area contributed by atoms with Crippen molar-refractivity contribution < 1.29 is 31.4 Å². The van der Waals surface area contributed by atoms with Crippen LogP contribution < -0.4 is 22.8 Å². The second kappa shape index (κ2) is 21.8. The minimum atomic E-state index is -2.28. The number of hydrogen-bond acceptors (Lipinski definition) is 12. The molecule has 25 heterocycles. The third kappa shape index (κ3) is 8.35. The van der Waals surface area contributed by atoms with Gasteiger partial charge in [-0.15, -0.1) is 4.57 Å². The molecule has 1 aromatic carbocycles. The van der Waals surface area contributed by atoms with Crippen molar-refractivity contribution >= 4 is 94.0 Å². The van der Waals surface area contributed by atoms with Crippen molar-refractivity contribution in [3.05, 3.63) is 273 Å². The molecule has 0 saturated carbocycles. The number of thiazole rings is 1. The highest BCUT2D eigenvalue weighted by molar-refractivity contribution is 7.21. The Bertz CT molecular complexity index is 7090. The summed E-state index contributed by atoms with van der Waals surface area (Å²) in [5.41, 5.74) is 27.2. The van der Waals surface area contributed by atoms with Crippen molar-refractivity contribution in [2.75, 3.05) is 0 Å². The van der Waals surface area contributed by atoms with Gasteiger partial charge in [-0.2, -0.15) is 4.57 Å². The van der Waals surface area contributed by atoms with E-state index in [4.69, 9.17) is 8.53 Å². The molecule has 24 nitrogen and oxygen atoms in total. The zero-order chi connectivity index (χ0) is 70.2. The normalized spacial score (nSPS) is 13.5. The number of aromatic nitrogens is 23. The summed E-state index contributed by atoms with van der Waals surface area (Å²) in [6.45, 7) is 1.82. The molecule has 20 aromatic heterocycles. The van der Waals surface area contributed by atoms with Gasteiger partial charge in [0.15, 0.2) is 45.0 Å². The number of para-hydroxylation sites is 1. The summed E-state index contributed by atoms with van der Waals surface area (Å²) in [5, 5.41) is 5.75. The lowest BCUT2D eigenvalue weighted by molar-refractivity contribution is -0.648. The average Bonchev–Trinajstić information content (AvgIpc) is 1.56. The van der Waals surface area contributed by atoms with Crippen LogP contribution in [0.15, 0.2) is 250 Å². The number of hydrogen-bond donors (Lipinski definition) is 0. The molecule has 0 aliphatic carbocycles. The second-order valence-corrected chi connectivity index (χ2v) is 27.0. The minimum Gasteiger partial charge on any atom is -0.396 e. The van der Waals surface area contributed by atoms with Crippen LogP contribution in [0.4, 0.5) is 0 Å². The van der Waals surface area contributed by atoms with E-state index in [0.29, 0.717) is 17.9 Å². The average molecular weight is 1370 g/mol. The number of oxazole rings is 1. The summed E-state index contributed by atoms with van der Waals surface area (Å²) in [6.07, 6.45) is 43.7. The van der Waals surface area contributed by atoms with Gasteiger partial charge in [0.1, 0.15) is 42.1 Å². The first-order chi connectivity index (χ1) is 52.1. The molecule has 0 unspecified atom stereocenters. The van der Waals surface area contributed by atoms with E-state index in [1.807, 2.05) is 183 Å². The topological polar surface area (TPSA) is 198 Å². The lowest BCUT2D eigenvalue weighted by Crippen LogP contribution is -2.31. The molecule has 490 valence electrons. The van der Waals surface area contributed by atoms with Gasteiger partial charge < -0.3 is 17.6 Å². The van der Waals surface area contributed by atoms with E-state index in [0.717, 1.165) is 110 Å². The number of aryl methyl sites for hydroxylation is 2. The minimum absolute atomic E-state index is 0.628. The van der Waals surface area contributed by atoms with Crippen molar-refractivity contribution in [3.8, 4) is 61.9 Å². The van der Waals surface area contributed by atoms with Gasteiger partial charge in [0.2, 0.25) is 33.3 Å². The summed E-state index contributed by atoms with van der Waals surface area (Å²) >= 11 is 1.82. The zero-order valence-electron chi connectivity index (χ0n) is 57.7. The van der Waals surface area contributed by atoms with E-state index in [1.165, 1.54) is 81.5 Å². The van der Waals surface area contributed by atoms with Gasteiger partial charge in [-0.1, -0.05) is 39.1 Å². The Balaban J connectivity index is 0.0000000830. The summed E-state index contributed by atoms with van der Waals surface area (Å²) < 4.78 is 58.5. The highest BCUT2D eigenvalue weighted by Gasteiger charge is 2.41. The summed E-state index contributed by atoms with van der Waals surface area (Å²) in [5.74, 6) is 3.94. The molecule has 0 radical (unpaired) electrons. The van der Waals surface area contributed by atoms with Crippen LogP contribution in [0.1, 0.15) is 31.9 Å². The van der Waals surface area contributed by atoms with E-state index in [-0.39, 0.29) is 0 Å². The van der Waals surface area contributed by atoms with Crippen molar-refractivity contribution in [3.63, 3.8) is 0 Å². The number of rotatable bonds is 1. The van der Waals surface area contributed by atoms with Crippen LogP contribution in [0, 0.1) is 0 Å². The predicted molar refractivity (Wildman–Crippen MR) is 384 cm³/mol. The van der Waals surface area contributed by atoms with Crippen molar-refractivity contribution in [2.45, 2.75) is 32.7 Å². The van der Waals surface area contributed by atoms with E-state index >= 15 is 0 Å². The molecule has 5 aliphatic rings. The Morgan fingerprint density at radius 1 is 0.427 bits per heavy atom. The molecule has 0 fully saturated rings. The zero-order valence-corrected chi connectivity index (χ0v) is 55.5. The van der Waals surface area contributed by atoms with Gasteiger partial charge in [-0.25, -0.2) is 47.3 Å². The third-order valence-corrected chi connectivity index (χ3v) is 21.6. The van der Waals surface area contributed by atoms with Gasteiger partial charge in [-0.3, -0.25) is 29.3 Å². The van der Waals surface area contributed by atoms with E-state index in [2.05, 4.69) is 160 Å². The molecule has 0 atom stereocenters. The van der Waals surface area contributed by atoms with Crippen LogP contribution in [0.2, 0.25) is 0 Å².